The van der Waals surface area contributed by atoms with Crippen molar-refractivity contribution in [2.24, 2.45) is 7.05 Å². The lowest BCUT2D eigenvalue weighted by Crippen LogP contribution is -2.18. The van der Waals surface area contributed by atoms with Gasteiger partial charge in [0.15, 0.2) is 0 Å². The summed E-state index contributed by atoms with van der Waals surface area (Å²) in [4.78, 5) is 0. The molecule has 1 aromatic heterocycles. The molecule has 3 nitrogen and oxygen atoms in total. The van der Waals surface area contributed by atoms with Crippen LogP contribution >= 0.6 is 22.6 Å². The van der Waals surface area contributed by atoms with Gasteiger partial charge < -0.3 is 5.32 Å². The van der Waals surface area contributed by atoms with Crippen molar-refractivity contribution in [3.8, 4) is 0 Å². The average molecular weight is 335 g/mol. The molecule has 0 aromatic carbocycles. The third-order valence-corrected chi connectivity index (χ3v) is 3.35. The number of halogens is 1. The van der Waals surface area contributed by atoms with Gasteiger partial charge in [-0.3, -0.25) is 4.68 Å². The SMILES string of the molecule is Cn1cc(CCNCCCCCCI)cn1. The maximum Gasteiger partial charge on any atom is 0.0522 e. The zero-order valence-corrected chi connectivity index (χ0v) is 12.2. The number of hydrogen-bond donors (Lipinski definition) is 1. The Balaban J connectivity index is 1.88. The van der Waals surface area contributed by atoms with E-state index in [2.05, 4.69) is 39.2 Å². The largest absolute Gasteiger partial charge is 0.316 e. The summed E-state index contributed by atoms with van der Waals surface area (Å²) < 4.78 is 3.16. The molecule has 0 aliphatic rings. The van der Waals surface area contributed by atoms with Crippen LogP contribution in [0.15, 0.2) is 12.4 Å². The molecule has 0 saturated carbocycles. The first-order chi connectivity index (χ1) is 7.83. The number of hydrogen-bond acceptors (Lipinski definition) is 2. The Morgan fingerprint density at radius 1 is 1.25 bits per heavy atom. The molecule has 0 aliphatic heterocycles. The second kappa shape index (κ2) is 8.98. The van der Waals surface area contributed by atoms with Crippen molar-refractivity contribution in [3.63, 3.8) is 0 Å². The molecule has 1 N–H and O–H groups in total. The monoisotopic (exact) mass is 335 g/mol. The summed E-state index contributed by atoms with van der Waals surface area (Å²) in [6.45, 7) is 2.22. The number of aryl methyl sites for hydroxylation is 1. The van der Waals surface area contributed by atoms with Crippen LogP contribution in [0.2, 0.25) is 0 Å². The van der Waals surface area contributed by atoms with Gasteiger partial charge in [-0.15, -0.1) is 0 Å². The van der Waals surface area contributed by atoms with Gasteiger partial charge in [0.25, 0.3) is 0 Å². The summed E-state index contributed by atoms with van der Waals surface area (Å²) in [5.74, 6) is 0. The van der Waals surface area contributed by atoms with Crippen molar-refractivity contribution < 1.29 is 0 Å². The van der Waals surface area contributed by atoms with Gasteiger partial charge in [0.05, 0.1) is 6.20 Å². The average Bonchev–Trinajstić information content (AvgIpc) is 2.68. The maximum absolute atomic E-state index is 4.15. The van der Waals surface area contributed by atoms with Gasteiger partial charge in [-0.1, -0.05) is 35.4 Å². The van der Waals surface area contributed by atoms with E-state index >= 15 is 0 Å². The van der Waals surface area contributed by atoms with E-state index < -0.39 is 0 Å². The molecule has 0 aliphatic carbocycles. The van der Waals surface area contributed by atoms with E-state index in [0.717, 1.165) is 19.5 Å². The minimum absolute atomic E-state index is 1.07. The molecule has 0 fully saturated rings. The van der Waals surface area contributed by atoms with Crippen molar-refractivity contribution in [1.29, 1.82) is 0 Å². The zero-order chi connectivity index (χ0) is 11.6. The molecular weight excluding hydrogens is 313 g/mol. The molecule has 16 heavy (non-hydrogen) atoms. The predicted octanol–water partition coefficient (Wildman–Crippen LogP) is 2.55. The van der Waals surface area contributed by atoms with Crippen molar-refractivity contribution in [2.45, 2.75) is 32.1 Å². The zero-order valence-electron chi connectivity index (χ0n) is 10.1. The van der Waals surface area contributed by atoms with E-state index in [0.29, 0.717) is 0 Å². The van der Waals surface area contributed by atoms with Gasteiger partial charge in [-0.25, -0.2) is 0 Å². The Morgan fingerprint density at radius 2 is 2.06 bits per heavy atom. The maximum atomic E-state index is 4.15. The van der Waals surface area contributed by atoms with Crippen LogP contribution in [0.4, 0.5) is 0 Å². The van der Waals surface area contributed by atoms with E-state index in [-0.39, 0.29) is 0 Å². The van der Waals surface area contributed by atoms with Crippen LogP contribution in [0, 0.1) is 0 Å². The quantitative estimate of drug-likeness (QED) is 0.427. The number of unbranched alkanes of at least 4 members (excludes halogenated alkanes) is 3. The third kappa shape index (κ3) is 6.48. The minimum atomic E-state index is 1.07. The first kappa shape index (κ1) is 14.0. The number of nitrogens with zero attached hydrogens (tertiary/aromatic N) is 2. The van der Waals surface area contributed by atoms with Gasteiger partial charge in [0, 0.05) is 13.2 Å². The first-order valence-electron chi connectivity index (χ1n) is 6.07. The lowest BCUT2D eigenvalue weighted by atomic mass is 10.2. The third-order valence-electron chi connectivity index (χ3n) is 2.59. The second-order valence-corrected chi connectivity index (χ2v) is 5.20. The molecule has 1 heterocycles. The number of nitrogens with one attached hydrogen (secondary N) is 1. The summed E-state index contributed by atoms with van der Waals surface area (Å²) >= 11 is 2.45. The van der Waals surface area contributed by atoms with Gasteiger partial charge in [0.2, 0.25) is 0 Å². The fourth-order valence-electron chi connectivity index (χ4n) is 1.66. The highest BCUT2D eigenvalue weighted by atomic mass is 127. The highest BCUT2D eigenvalue weighted by Gasteiger charge is 1.95. The fourth-order valence-corrected chi connectivity index (χ4v) is 2.20. The minimum Gasteiger partial charge on any atom is -0.316 e. The lowest BCUT2D eigenvalue weighted by molar-refractivity contribution is 0.601. The normalized spacial score (nSPS) is 10.9. The van der Waals surface area contributed by atoms with Crippen LogP contribution in [0.5, 0.6) is 0 Å². The highest BCUT2D eigenvalue weighted by molar-refractivity contribution is 14.1. The van der Waals surface area contributed by atoms with Crippen molar-refractivity contribution in [1.82, 2.24) is 15.1 Å². The summed E-state index contributed by atoms with van der Waals surface area (Å²) in [5.41, 5.74) is 1.32. The summed E-state index contributed by atoms with van der Waals surface area (Å²) in [6.07, 6.45) is 10.5. The van der Waals surface area contributed by atoms with E-state index in [4.69, 9.17) is 0 Å². The molecule has 0 saturated heterocycles. The standard InChI is InChI=1S/C12H22IN3/c1-16-11-12(10-15-16)6-9-14-8-5-3-2-4-7-13/h10-11,14H,2-9H2,1H3. The molecule has 0 bridgehead atoms. The summed E-state index contributed by atoms with van der Waals surface area (Å²) in [6, 6.07) is 0. The van der Waals surface area contributed by atoms with Crippen LogP contribution in [-0.2, 0) is 13.5 Å². The second-order valence-electron chi connectivity index (χ2n) is 4.13. The molecule has 0 unspecified atom stereocenters. The van der Waals surface area contributed by atoms with Crippen molar-refractivity contribution in [3.05, 3.63) is 18.0 Å². The molecular formula is C12H22IN3. The molecule has 0 amide bonds. The molecule has 0 radical (unpaired) electrons. The smallest absolute Gasteiger partial charge is 0.0522 e. The van der Waals surface area contributed by atoms with Crippen molar-refractivity contribution in [2.75, 3.05) is 17.5 Å². The van der Waals surface area contributed by atoms with Gasteiger partial charge in [-0.05, 0) is 42.3 Å². The Kier molecular flexibility index (Phi) is 7.84. The Hall–Kier alpha value is -0.100. The first-order valence-corrected chi connectivity index (χ1v) is 7.59. The van der Waals surface area contributed by atoms with Crippen LogP contribution in [0.25, 0.3) is 0 Å². The van der Waals surface area contributed by atoms with Crippen LogP contribution in [-0.4, -0.2) is 27.3 Å². The van der Waals surface area contributed by atoms with Gasteiger partial charge >= 0.3 is 0 Å². The Labute approximate surface area is 112 Å². The van der Waals surface area contributed by atoms with Crippen LogP contribution < -0.4 is 5.32 Å². The van der Waals surface area contributed by atoms with Gasteiger partial charge in [-0.2, -0.15) is 5.10 Å². The number of rotatable bonds is 9. The number of aromatic nitrogens is 2. The topological polar surface area (TPSA) is 29.9 Å². The molecule has 1 aromatic rings. The van der Waals surface area contributed by atoms with E-state index in [1.807, 2.05) is 17.9 Å². The highest BCUT2D eigenvalue weighted by Crippen LogP contribution is 2.01. The Morgan fingerprint density at radius 3 is 2.75 bits per heavy atom. The summed E-state index contributed by atoms with van der Waals surface area (Å²) in [5, 5.41) is 7.63. The molecule has 92 valence electrons. The lowest BCUT2D eigenvalue weighted by Gasteiger charge is -2.03. The van der Waals surface area contributed by atoms with E-state index in [9.17, 15) is 0 Å². The Bertz CT molecular complexity index is 273. The van der Waals surface area contributed by atoms with E-state index in [1.165, 1.54) is 35.7 Å². The predicted molar refractivity (Wildman–Crippen MR) is 77.1 cm³/mol. The molecule has 0 atom stereocenters. The summed E-state index contributed by atoms with van der Waals surface area (Å²) in [7, 11) is 1.96. The molecule has 0 spiro atoms. The van der Waals surface area contributed by atoms with Crippen LogP contribution in [0.3, 0.4) is 0 Å². The molecule has 1 rings (SSSR count). The molecule has 4 heteroatoms. The van der Waals surface area contributed by atoms with Crippen LogP contribution in [0.1, 0.15) is 31.2 Å². The number of alkyl halides is 1. The van der Waals surface area contributed by atoms with E-state index in [1.54, 1.807) is 0 Å². The fraction of sp³-hybridized carbons (Fsp3) is 0.750. The van der Waals surface area contributed by atoms with Crippen molar-refractivity contribution >= 4 is 22.6 Å². The van der Waals surface area contributed by atoms with Gasteiger partial charge in [0.1, 0.15) is 0 Å².